The lowest BCUT2D eigenvalue weighted by Crippen LogP contribution is -2.39. The number of anilines is 1. The quantitative estimate of drug-likeness (QED) is 0.332. The fourth-order valence-corrected chi connectivity index (χ4v) is 5.22. The number of aliphatic carboxylic acids is 2. The zero-order valence-corrected chi connectivity index (χ0v) is 21.2. The van der Waals surface area contributed by atoms with Crippen molar-refractivity contribution in [1.82, 2.24) is 9.55 Å². The zero-order valence-electron chi connectivity index (χ0n) is 21.2. The third-order valence-electron chi connectivity index (χ3n) is 7.16. The Kier molecular flexibility index (Phi) is 7.42. The van der Waals surface area contributed by atoms with Gasteiger partial charge in [-0.1, -0.05) is 36.4 Å². The summed E-state index contributed by atoms with van der Waals surface area (Å²) in [4.78, 5) is 39.7. The number of aromatic nitrogens is 2. The third-order valence-corrected chi connectivity index (χ3v) is 7.16. The number of hydrogen-bond donors (Lipinski definition) is 3. The number of β-amino-alcohol motifs (C(OH)–C–C–N with tert-alkyl or cyclic N) is 1. The molecule has 3 N–H and O–H groups in total. The number of aliphatic hydroxyl groups is 1. The lowest BCUT2D eigenvalue weighted by molar-refractivity contribution is -0.134. The number of hydrogen-bond acceptors (Lipinski definition) is 6. The van der Waals surface area contributed by atoms with Crippen LogP contribution in [0.5, 0.6) is 0 Å². The first kappa shape index (κ1) is 26.1. The van der Waals surface area contributed by atoms with Crippen LogP contribution in [-0.2, 0) is 9.59 Å². The molecular formula is C30H29N3O6. The number of piperidine rings is 1. The Labute approximate surface area is 224 Å². The van der Waals surface area contributed by atoms with Crippen molar-refractivity contribution >= 4 is 39.3 Å². The molecule has 2 aromatic heterocycles. The molecule has 3 atom stereocenters. The van der Waals surface area contributed by atoms with Gasteiger partial charge in [-0.15, -0.1) is 0 Å². The molecule has 9 nitrogen and oxygen atoms in total. The fraction of sp³-hybridized carbons (Fsp3) is 0.267. The van der Waals surface area contributed by atoms with Crippen LogP contribution in [0.3, 0.4) is 0 Å². The second-order valence-corrected chi connectivity index (χ2v) is 9.86. The summed E-state index contributed by atoms with van der Waals surface area (Å²) in [5, 5.41) is 28.6. The van der Waals surface area contributed by atoms with E-state index in [2.05, 4.69) is 23.1 Å². The number of rotatable bonds is 5. The molecule has 39 heavy (non-hydrogen) atoms. The molecule has 200 valence electrons. The molecule has 1 aliphatic heterocycles. The van der Waals surface area contributed by atoms with Gasteiger partial charge in [0.25, 0.3) is 5.56 Å². The van der Waals surface area contributed by atoms with Crippen molar-refractivity contribution < 1.29 is 24.9 Å². The number of fused-ring (bicyclic) bond motifs is 2. The van der Waals surface area contributed by atoms with E-state index in [1.54, 1.807) is 0 Å². The summed E-state index contributed by atoms with van der Waals surface area (Å²) in [6.07, 6.45) is 5.42. The van der Waals surface area contributed by atoms with Crippen molar-refractivity contribution in [2.24, 2.45) is 0 Å². The standard InChI is InChI=1S/C26H25N3O2.C4H4O4/c30-19-7-4-13-28(16-19)23-9-3-6-18-12-14-29(26(31)25(18)23)24-15-20(24)22-11-10-17-5-1-2-8-21(17)27-22;5-3(6)1-2-4(7)8/h1-3,5-6,8-12,14,19-20,24,30H,4,7,13,15-16H2;1-2H,(H,5,6)(H,7,8)/b;2-1+/t19-,20?,24?;/m0./s1. The predicted molar refractivity (Wildman–Crippen MR) is 148 cm³/mol. The fourth-order valence-electron chi connectivity index (χ4n) is 5.22. The highest BCUT2D eigenvalue weighted by Gasteiger charge is 2.42. The van der Waals surface area contributed by atoms with E-state index in [0.717, 1.165) is 58.9 Å². The second kappa shape index (κ2) is 11.1. The van der Waals surface area contributed by atoms with Crippen molar-refractivity contribution in [3.8, 4) is 0 Å². The maximum absolute atomic E-state index is 13.6. The summed E-state index contributed by atoms with van der Waals surface area (Å²) in [5.74, 6) is -2.25. The largest absolute Gasteiger partial charge is 0.478 e. The molecule has 3 heterocycles. The predicted octanol–water partition coefficient (Wildman–Crippen LogP) is 3.95. The lowest BCUT2D eigenvalue weighted by atomic mass is 10.0. The van der Waals surface area contributed by atoms with Crippen LogP contribution in [0.25, 0.3) is 21.7 Å². The number of aliphatic hydroxyl groups excluding tert-OH is 1. The number of para-hydroxylation sites is 1. The SMILES string of the molecule is O=C(O)/C=C/C(=O)O.O=c1c2c(N3CCC[C@H](O)C3)cccc2ccn1C1CC1c1ccc2ccccc2n1. The number of carboxylic acid groups (broad SMARTS) is 2. The number of pyridine rings is 2. The van der Waals surface area contributed by atoms with E-state index in [0.29, 0.717) is 18.7 Å². The summed E-state index contributed by atoms with van der Waals surface area (Å²) in [6.45, 7) is 1.46. The van der Waals surface area contributed by atoms with Gasteiger partial charge in [-0.05, 0) is 48.9 Å². The highest BCUT2D eigenvalue weighted by molar-refractivity contribution is 5.93. The second-order valence-electron chi connectivity index (χ2n) is 9.86. The molecule has 6 rings (SSSR count). The molecule has 1 aliphatic carbocycles. The third kappa shape index (κ3) is 5.83. The van der Waals surface area contributed by atoms with Gasteiger partial charge in [-0.2, -0.15) is 0 Å². The van der Waals surface area contributed by atoms with Crippen LogP contribution < -0.4 is 10.5 Å². The summed E-state index contributed by atoms with van der Waals surface area (Å²) < 4.78 is 1.90. The maximum Gasteiger partial charge on any atom is 0.328 e. The Bertz CT molecular complexity index is 1610. The molecule has 9 heteroatoms. The average molecular weight is 528 g/mol. The summed E-state index contributed by atoms with van der Waals surface area (Å²) >= 11 is 0. The van der Waals surface area contributed by atoms with Crippen molar-refractivity contribution in [2.75, 3.05) is 18.0 Å². The van der Waals surface area contributed by atoms with Crippen molar-refractivity contribution in [3.05, 3.63) is 95.1 Å². The van der Waals surface area contributed by atoms with E-state index in [9.17, 15) is 19.5 Å². The highest BCUT2D eigenvalue weighted by Crippen LogP contribution is 2.50. The topological polar surface area (TPSA) is 133 Å². The molecule has 1 saturated heterocycles. The van der Waals surface area contributed by atoms with Gasteiger partial charge >= 0.3 is 11.9 Å². The van der Waals surface area contributed by atoms with Crippen molar-refractivity contribution in [2.45, 2.75) is 37.3 Å². The molecule has 2 aliphatic rings. The van der Waals surface area contributed by atoms with Gasteiger partial charge < -0.3 is 24.8 Å². The molecule has 0 spiro atoms. The summed E-state index contributed by atoms with van der Waals surface area (Å²) in [7, 11) is 0. The molecule has 1 saturated carbocycles. The molecule has 0 radical (unpaired) electrons. The van der Waals surface area contributed by atoms with Crippen molar-refractivity contribution in [1.29, 1.82) is 0 Å². The minimum atomic E-state index is -1.26. The van der Waals surface area contributed by atoms with Gasteiger partial charge in [0.15, 0.2) is 0 Å². The van der Waals surface area contributed by atoms with Crippen LogP contribution in [0.4, 0.5) is 5.69 Å². The van der Waals surface area contributed by atoms with E-state index in [1.807, 2.05) is 53.2 Å². The molecule has 0 bridgehead atoms. The molecule has 2 fully saturated rings. The van der Waals surface area contributed by atoms with Crippen LogP contribution in [0, 0.1) is 0 Å². The van der Waals surface area contributed by atoms with Gasteiger partial charge in [0.2, 0.25) is 0 Å². The Balaban J connectivity index is 0.000000339. The number of benzene rings is 2. The summed E-state index contributed by atoms with van der Waals surface area (Å²) in [5.41, 5.74) is 3.06. The van der Waals surface area contributed by atoms with Gasteiger partial charge in [0, 0.05) is 54.5 Å². The zero-order chi connectivity index (χ0) is 27.5. The molecule has 2 aromatic carbocycles. The number of carboxylic acids is 2. The Hall–Kier alpha value is -4.50. The molecule has 2 unspecified atom stereocenters. The van der Waals surface area contributed by atoms with Crippen LogP contribution in [0.1, 0.15) is 36.9 Å². The van der Waals surface area contributed by atoms with Crippen LogP contribution in [-0.4, -0.2) is 56.0 Å². The van der Waals surface area contributed by atoms with Gasteiger partial charge in [-0.3, -0.25) is 9.78 Å². The highest BCUT2D eigenvalue weighted by atomic mass is 16.4. The minimum absolute atomic E-state index is 0.0569. The summed E-state index contributed by atoms with van der Waals surface area (Å²) in [6, 6.07) is 20.6. The molecular weight excluding hydrogens is 498 g/mol. The van der Waals surface area contributed by atoms with Gasteiger partial charge in [0.1, 0.15) is 0 Å². The smallest absolute Gasteiger partial charge is 0.328 e. The van der Waals surface area contributed by atoms with E-state index in [4.69, 9.17) is 15.2 Å². The maximum atomic E-state index is 13.6. The molecule has 0 amide bonds. The Morgan fingerprint density at radius 3 is 2.41 bits per heavy atom. The van der Waals surface area contributed by atoms with Crippen LogP contribution in [0.15, 0.2) is 83.8 Å². The van der Waals surface area contributed by atoms with Gasteiger partial charge in [-0.25, -0.2) is 9.59 Å². The first-order valence-corrected chi connectivity index (χ1v) is 12.9. The first-order valence-electron chi connectivity index (χ1n) is 12.9. The first-order chi connectivity index (χ1) is 18.8. The molecule has 4 aromatic rings. The normalized spacial score (nSPS) is 20.5. The van der Waals surface area contributed by atoms with E-state index < -0.39 is 11.9 Å². The minimum Gasteiger partial charge on any atom is -0.478 e. The average Bonchev–Trinajstić information content (AvgIpc) is 3.73. The Morgan fingerprint density at radius 2 is 1.67 bits per heavy atom. The monoisotopic (exact) mass is 527 g/mol. The van der Waals surface area contributed by atoms with Gasteiger partial charge in [0.05, 0.1) is 22.7 Å². The Morgan fingerprint density at radius 1 is 0.923 bits per heavy atom. The van der Waals surface area contributed by atoms with E-state index >= 15 is 0 Å². The van der Waals surface area contributed by atoms with E-state index in [1.165, 1.54) is 0 Å². The lowest BCUT2D eigenvalue weighted by Gasteiger charge is -2.32. The van der Waals surface area contributed by atoms with Crippen LogP contribution in [0.2, 0.25) is 0 Å². The van der Waals surface area contributed by atoms with Crippen molar-refractivity contribution in [3.63, 3.8) is 0 Å². The number of nitrogens with zero attached hydrogens (tertiary/aromatic N) is 3. The number of carbonyl (C=O) groups is 2. The van der Waals surface area contributed by atoms with E-state index in [-0.39, 0.29) is 23.6 Å². The van der Waals surface area contributed by atoms with Crippen LogP contribution >= 0.6 is 0 Å².